The smallest absolute Gasteiger partial charge is 0.330 e. The summed E-state index contributed by atoms with van der Waals surface area (Å²) in [7, 11) is 0. The van der Waals surface area contributed by atoms with Crippen molar-refractivity contribution in [3.63, 3.8) is 0 Å². The molecule has 1 N–H and O–H groups in total. The first kappa shape index (κ1) is 15.4. The number of benzene rings is 1. The Morgan fingerprint density at radius 1 is 1.37 bits per heavy atom. The quantitative estimate of drug-likeness (QED) is 0.572. The Morgan fingerprint density at radius 2 is 2.11 bits per heavy atom. The van der Waals surface area contributed by atoms with Crippen molar-refractivity contribution in [3.8, 4) is 0 Å². The summed E-state index contributed by atoms with van der Waals surface area (Å²) < 4.78 is 4.81. The van der Waals surface area contributed by atoms with Crippen LogP contribution >= 0.6 is 0 Å². The highest BCUT2D eigenvalue weighted by Gasteiger charge is 2.03. The van der Waals surface area contributed by atoms with Crippen molar-refractivity contribution in [2.24, 2.45) is 0 Å². The van der Waals surface area contributed by atoms with E-state index in [0.29, 0.717) is 19.7 Å². The largest absolute Gasteiger partial charge is 0.463 e. The highest BCUT2D eigenvalue weighted by atomic mass is 16.5. The monoisotopic (exact) mass is 263 g/mol. The third-order valence-corrected chi connectivity index (χ3v) is 2.57. The summed E-state index contributed by atoms with van der Waals surface area (Å²) >= 11 is 0. The molecule has 19 heavy (non-hydrogen) atoms. The summed E-state index contributed by atoms with van der Waals surface area (Å²) in [6.45, 7) is 4.18. The van der Waals surface area contributed by atoms with Crippen molar-refractivity contribution in [2.45, 2.75) is 13.5 Å². The van der Waals surface area contributed by atoms with Crippen molar-refractivity contribution < 1.29 is 14.6 Å². The van der Waals surface area contributed by atoms with E-state index in [1.807, 2.05) is 30.3 Å². The molecule has 0 aliphatic carbocycles. The summed E-state index contributed by atoms with van der Waals surface area (Å²) in [6.07, 6.45) is 3.19. The van der Waals surface area contributed by atoms with E-state index in [2.05, 4.69) is 4.90 Å². The summed E-state index contributed by atoms with van der Waals surface area (Å²) in [6, 6.07) is 10.0. The van der Waals surface area contributed by atoms with Gasteiger partial charge in [0.1, 0.15) is 0 Å². The molecule has 0 spiro atoms. The van der Waals surface area contributed by atoms with Crippen LogP contribution in [-0.2, 0) is 16.1 Å². The van der Waals surface area contributed by atoms with E-state index >= 15 is 0 Å². The lowest BCUT2D eigenvalue weighted by Gasteiger charge is -2.19. The maximum absolute atomic E-state index is 11.2. The van der Waals surface area contributed by atoms with Gasteiger partial charge in [-0.05, 0) is 12.5 Å². The topological polar surface area (TPSA) is 49.8 Å². The Balaban J connectivity index is 2.46. The number of rotatable bonds is 8. The number of ether oxygens (including phenoxy) is 1. The Hall–Kier alpha value is -1.65. The van der Waals surface area contributed by atoms with Crippen LogP contribution in [0, 0.1) is 0 Å². The second kappa shape index (κ2) is 9.30. The van der Waals surface area contributed by atoms with Crippen LogP contribution in [0.2, 0.25) is 0 Å². The van der Waals surface area contributed by atoms with E-state index in [4.69, 9.17) is 9.84 Å². The number of aliphatic hydroxyl groups is 1. The first-order chi connectivity index (χ1) is 9.26. The standard InChI is InChI=1S/C15H21NO3/c1-2-19-15(18)9-6-10-16(11-12-17)13-14-7-4-3-5-8-14/h3-9,17H,2,10-13H2,1H3. The first-order valence-corrected chi connectivity index (χ1v) is 6.46. The van der Waals surface area contributed by atoms with Crippen LogP contribution in [0.25, 0.3) is 0 Å². The minimum atomic E-state index is -0.328. The molecule has 0 unspecified atom stereocenters. The van der Waals surface area contributed by atoms with E-state index in [-0.39, 0.29) is 12.6 Å². The van der Waals surface area contributed by atoms with Gasteiger partial charge in [-0.25, -0.2) is 4.79 Å². The van der Waals surface area contributed by atoms with E-state index in [9.17, 15) is 4.79 Å². The lowest BCUT2D eigenvalue weighted by molar-refractivity contribution is -0.137. The second-order valence-corrected chi connectivity index (χ2v) is 4.10. The van der Waals surface area contributed by atoms with Gasteiger partial charge in [0, 0.05) is 25.7 Å². The molecular formula is C15H21NO3. The van der Waals surface area contributed by atoms with Crippen LogP contribution in [0.15, 0.2) is 42.5 Å². The van der Waals surface area contributed by atoms with Gasteiger partial charge in [-0.1, -0.05) is 36.4 Å². The van der Waals surface area contributed by atoms with Gasteiger partial charge in [0.05, 0.1) is 13.2 Å². The predicted molar refractivity (Wildman–Crippen MR) is 74.6 cm³/mol. The Labute approximate surface area is 114 Å². The zero-order valence-electron chi connectivity index (χ0n) is 11.3. The fourth-order valence-corrected chi connectivity index (χ4v) is 1.71. The van der Waals surface area contributed by atoms with E-state index < -0.39 is 0 Å². The van der Waals surface area contributed by atoms with E-state index in [1.165, 1.54) is 11.6 Å². The van der Waals surface area contributed by atoms with Crippen LogP contribution in [0.3, 0.4) is 0 Å². The van der Waals surface area contributed by atoms with Gasteiger partial charge >= 0.3 is 5.97 Å². The molecule has 4 heteroatoms. The van der Waals surface area contributed by atoms with E-state index in [1.54, 1.807) is 13.0 Å². The van der Waals surface area contributed by atoms with Gasteiger partial charge < -0.3 is 9.84 Å². The number of nitrogens with zero attached hydrogens (tertiary/aromatic N) is 1. The predicted octanol–water partition coefficient (Wildman–Crippen LogP) is 1.60. The van der Waals surface area contributed by atoms with Crippen LogP contribution in [0.5, 0.6) is 0 Å². The van der Waals surface area contributed by atoms with Crippen LogP contribution in [0.4, 0.5) is 0 Å². The molecule has 0 bridgehead atoms. The molecule has 0 aromatic heterocycles. The number of carbonyl (C=O) groups is 1. The first-order valence-electron chi connectivity index (χ1n) is 6.46. The lowest BCUT2D eigenvalue weighted by Crippen LogP contribution is -2.26. The van der Waals surface area contributed by atoms with Crippen molar-refractivity contribution in [2.75, 3.05) is 26.3 Å². The summed E-state index contributed by atoms with van der Waals surface area (Å²) in [5.41, 5.74) is 1.18. The van der Waals surface area contributed by atoms with Gasteiger partial charge in [0.25, 0.3) is 0 Å². The highest BCUT2D eigenvalue weighted by molar-refractivity contribution is 5.81. The molecule has 1 aromatic carbocycles. The van der Waals surface area contributed by atoms with Crippen molar-refractivity contribution in [1.82, 2.24) is 4.90 Å². The zero-order chi connectivity index (χ0) is 13.9. The molecule has 0 radical (unpaired) electrons. The molecule has 1 aromatic rings. The number of hydrogen-bond acceptors (Lipinski definition) is 4. The van der Waals surface area contributed by atoms with Crippen molar-refractivity contribution in [3.05, 3.63) is 48.0 Å². The number of carbonyl (C=O) groups excluding carboxylic acids is 1. The minimum Gasteiger partial charge on any atom is -0.463 e. The van der Waals surface area contributed by atoms with Crippen molar-refractivity contribution in [1.29, 1.82) is 0 Å². The molecule has 0 fully saturated rings. The third-order valence-electron chi connectivity index (χ3n) is 2.57. The van der Waals surface area contributed by atoms with Gasteiger partial charge in [-0.2, -0.15) is 0 Å². The van der Waals surface area contributed by atoms with Gasteiger partial charge in [0.2, 0.25) is 0 Å². The van der Waals surface area contributed by atoms with E-state index in [0.717, 1.165) is 6.54 Å². The summed E-state index contributed by atoms with van der Waals surface area (Å²) in [4.78, 5) is 13.2. The number of hydrogen-bond donors (Lipinski definition) is 1. The van der Waals surface area contributed by atoms with Crippen molar-refractivity contribution >= 4 is 5.97 Å². The maximum atomic E-state index is 11.2. The molecule has 104 valence electrons. The average Bonchev–Trinajstić information content (AvgIpc) is 2.40. The number of aliphatic hydroxyl groups excluding tert-OH is 1. The Kier molecular flexibility index (Phi) is 7.54. The molecule has 4 nitrogen and oxygen atoms in total. The van der Waals surface area contributed by atoms with Gasteiger partial charge in [0.15, 0.2) is 0 Å². The molecule has 1 rings (SSSR count). The fraction of sp³-hybridized carbons (Fsp3) is 0.400. The average molecular weight is 263 g/mol. The third kappa shape index (κ3) is 6.74. The molecule has 0 atom stereocenters. The molecule has 0 aliphatic rings. The number of esters is 1. The maximum Gasteiger partial charge on any atom is 0.330 e. The second-order valence-electron chi connectivity index (χ2n) is 4.10. The van der Waals surface area contributed by atoms with Gasteiger partial charge in [-0.15, -0.1) is 0 Å². The molecule has 0 heterocycles. The normalized spacial score (nSPS) is 11.1. The van der Waals surface area contributed by atoms with Crippen LogP contribution in [-0.4, -0.2) is 42.3 Å². The molecular weight excluding hydrogens is 242 g/mol. The lowest BCUT2D eigenvalue weighted by atomic mass is 10.2. The Morgan fingerprint density at radius 3 is 2.74 bits per heavy atom. The highest BCUT2D eigenvalue weighted by Crippen LogP contribution is 2.04. The summed E-state index contributed by atoms with van der Waals surface area (Å²) in [5, 5.41) is 9.05. The molecule has 0 saturated carbocycles. The zero-order valence-corrected chi connectivity index (χ0v) is 11.3. The van der Waals surface area contributed by atoms with Gasteiger partial charge in [-0.3, -0.25) is 4.90 Å². The van der Waals surface area contributed by atoms with Crippen LogP contribution < -0.4 is 0 Å². The fourth-order valence-electron chi connectivity index (χ4n) is 1.71. The molecule has 0 aliphatic heterocycles. The Bertz CT molecular complexity index is 390. The van der Waals surface area contributed by atoms with Crippen LogP contribution in [0.1, 0.15) is 12.5 Å². The molecule has 0 amide bonds. The minimum absolute atomic E-state index is 0.0973. The summed E-state index contributed by atoms with van der Waals surface area (Å²) in [5.74, 6) is -0.328. The SMILES string of the molecule is CCOC(=O)C=CCN(CCO)Cc1ccccc1. The molecule has 0 saturated heterocycles.